The van der Waals surface area contributed by atoms with Crippen LogP contribution in [-0.4, -0.2) is 17.5 Å². The van der Waals surface area contributed by atoms with Crippen LogP contribution < -0.4 is 5.32 Å². The monoisotopic (exact) mass is 408 g/mol. The fourth-order valence-corrected chi connectivity index (χ4v) is 3.98. The first kappa shape index (κ1) is 19.0. The van der Waals surface area contributed by atoms with Gasteiger partial charge in [-0.15, -0.1) is 0 Å². The van der Waals surface area contributed by atoms with Crippen LogP contribution in [0.15, 0.2) is 94.5 Å². The number of aliphatic imine (C=N–C) groups is 1. The van der Waals surface area contributed by atoms with Crippen molar-refractivity contribution in [1.82, 2.24) is 5.32 Å². The number of piperidine rings is 1. The zero-order valence-corrected chi connectivity index (χ0v) is 16.7. The van der Waals surface area contributed by atoms with Crippen molar-refractivity contribution in [2.45, 2.75) is 18.8 Å². The highest BCUT2D eigenvalue weighted by molar-refractivity contribution is 6.14. The average molecular weight is 408 g/mol. The van der Waals surface area contributed by atoms with Crippen LogP contribution in [0.4, 0.5) is 5.69 Å². The SMILES string of the molecule is O=C1CCC(c2coc3cc(N=C(c4ccccc4)c4ccccc4)ccc23)C(=O)N1. The molecule has 31 heavy (non-hydrogen) atoms. The number of imide groups is 1. The lowest BCUT2D eigenvalue weighted by atomic mass is 9.90. The van der Waals surface area contributed by atoms with Crippen LogP contribution in [0.2, 0.25) is 0 Å². The largest absolute Gasteiger partial charge is 0.464 e. The minimum atomic E-state index is -0.377. The summed E-state index contributed by atoms with van der Waals surface area (Å²) in [6.07, 6.45) is 2.45. The van der Waals surface area contributed by atoms with E-state index < -0.39 is 0 Å². The molecule has 1 saturated heterocycles. The fourth-order valence-electron chi connectivity index (χ4n) is 3.98. The van der Waals surface area contributed by atoms with Gasteiger partial charge in [-0.05, 0) is 18.6 Å². The van der Waals surface area contributed by atoms with Crippen LogP contribution in [-0.2, 0) is 9.59 Å². The molecule has 0 saturated carbocycles. The highest BCUT2D eigenvalue weighted by atomic mass is 16.3. The summed E-state index contributed by atoms with van der Waals surface area (Å²) in [5, 5.41) is 3.28. The molecule has 152 valence electrons. The number of furan rings is 1. The number of carbonyl (C=O) groups is 2. The number of nitrogens with one attached hydrogen (secondary N) is 1. The molecule has 1 unspecified atom stereocenters. The molecule has 0 spiro atoms. The van der Waals surface area contributed by atoms with Gasteiger partial charge < -0.3 is 4.42 Å². The molecule has 1 atom stereocenters. The van der Waals surface area contributed by atoms with Crippen LogP contribution in [0.25, 0.3) is 11.0 Å². The van der Waals surface area contributed by atoms with Gasteiger partial charge in [0.05, 0.1) is 23.6 Å². The van der Waals surface area contributed by atoms with E-state index in [0.29, 0.717) is 18.4 Å². The molecular formula is C26H20N2O3. The van der Waals surface area contributed by atoms with Gasteiger partial charge in [0.15, 0.2) is 0 Å². The van der Waals surface area contributed by atoms with Gasteiger partial charge in [-0.3, -0.25) is 14.9 Å². The smallest absolute Gasteiger partial charge is 0.234 e. The first-order chi connectivity index (χ1) is 15.2. The van der Waals surface area contributed by atoms with Gasteiger partial charge in [-0.1, -0.05) is 60.7 Å². The number of carbonyl (C=O) groups excluding carboxylic acids is 2. The Kier molecular flexibility index (Phi) is 4.92. The molecule has 1 N–H and O–H groups in total. The summed E-state index contributed by atoms with van der Waals surface area (Å²) in [6.45, 7) is 0. The molecule has 0 bridgehead atoms. The van der Waals surface area contributed by atoms with Gasteiger partial charge in [0.25, 0.3) is 0 Å². The molecule has 2 heterocycles. The molecule has 1 aliphatic rings. The highest BCUT2D eigenvalue weighted by Gasteiger charge is 2.30. The normalized spacial score (nSPS) is 16.2. The predicted octanol–water partition coefficient (Wildman–Crippen LogP) is 5.12. The summed E-state index contributed by atoms with van der Waals surface area (Å²) in [7, 11) is 0. The standard InChI is InChI=1S/C26H20N2O3/c29-24-14-13-21(26(30)28-24)22-16-31-23-15-19(11-12-20(22)23)27-25(17-7-3-1-4-8-17)18-9-5-2-6-10-18/h1-12,15-16,21H,13-14H2,(H,28,29,30). The summed E-state index contributed by atoms with van der Waals surface area (Å²) in [5.74, 6) is -0.867. The molecule has 0 radical (unpaired) electrons. The molecule has 1 fully saturated rings. The summed E-state index contributed by atoms with van der Waals surface area (Å²) in [6, 6.07) is 25.9. The lowest BCUT2D eigenvalue weighted by Crippen LogP contribution is -2.39. The lowest BCUT2D eigenvalue weighted by Gasteiger charge is -2.19. The van der Waals surface area contributed by atoms with Crippen molar-refractivity contribution >= 4 is 34.2 Å². The van der Waals surface area contributed by atoms with E-state index in [9.17, 15) is 9.59 Å². The quantitative estimate of drug-likeness (QED) is 0.376. The van der Waals surface area contributed by atoms with Gasteiger partial charge in [0, 0.05) is 34.6 Å². The summed E-state index contributed by atoms with van der Waals surface area (Å²) in [5.41, 5.74) is 5.16. The number of nitrogens with zero attached hydrogens (tertiary/aromatic N) is 1. The molecular weight excluding hydrogens is 388 g/mol. The Morgan fingerprint density at radius 1 is 0.903 bits per heavy atom. The minimum Gasteiger partial charge on any atom is -0.464 e. The van der Waals surface area contributed by atoms with Crippen molar-refractivity contribution in [1.29, 1.82) is 0 Å². The second-order valence-corrected chi connectivity index (χ2v) is 7.57. The molecule has 5 rings (SSSR count). The number of amides is 2. The Bertz CT molecular complexity index is 1250. The third-order valence-corrected chi connectivity index (χ3v) is 5.54. The predicted molar refractivity (Wildman–Crippen MR) is 120 cm³/mol. The van der Waals surface area contributed by atoms with Crippen LogP contribution in [0.1, 0.15) is 35.4 Å². The Balaban J connectivity index is 1.55. The van der Waals surface area contributed by atoms with Crippen molar-refractivity contribution in [3.63, 3.8) is 0 Å². The van der Waals surface area contributed by atoms with Gasteiger partial charge in [0.1, 0.15) is 5.58 Å². The maximum Gasteiger partial charge on any atom is 0.234 e. The first-order valence-electron chi connectivity index (χ1n) is 10.2. The zero-order valence-electron chi connectivity index (χ0n) is 16.7. The Hall–Kier alpha value is -3.99. The van der Waals surface area contributed by atoms with Crippen molar-refractivity contribution in [3.05, 3.63) is 102 Å². The number of rotatable bonds is 4. The molecule has 1 aliphatic heterocycles. The first-order valence-corrected chi connectivity index (χ1v) is 10.2. The van der Waals surface area contributed by atoms with Crippen molar-refractivity contribution in [2.24, 2.45) is 4.99 Å². The van der Waals surface area contributed by atoms with Crippen LogP contribution in [0.5, 0.6) is 0 Å². The maximum atomic E-state index is 12.3. The van der Waals surface area contributed by atoms with Crippen LogP contribution >= 0.6 is 0 Å². The molecule has 0 aliphatic carbocycles. The second-order valence-electron chi connectivity index (χ2n) is 7.57. The van der Waals surface area contributed by atoms with Crippen molar-refractivity contribution in [3.8, 4) is 0 Å². The Morgan fingerprint density at radius 2 is 1.58 bits per heavy atom. The average Bonchev–Trinajstić information content (AvgIpc) is 3.22. The molecule has 3 aromatic carbocycles. The highest BCUT2D eigenvalue weighted by Crippen LogP contribution is 2.34. The number of hydrogen-bond donors (Lipinski definition) is 1. The topological polar surface area (TPSA) is 71.7 Å². The van der Waals surface area contributed by atoms with Gasteiger partial charge in [-0.2, -0.15) is 0 Å². The summed E-state index contributed by atoms with van der Waals surface area (Å²) < 4.78 is 5.78. The van der Waals surface area contributed by atoms with E-state index in [1.54, 1.807) is 6.26 Å². The minimum absolute atomic E-state index is 0.222. The Labute approximate surface area is 179 Å². The van der Waals surface area contributed by atoms with E-state index in [1.807, 2.05) is 78.9 Å². The maximum absolute atomic E-state index is 12.3. The third-order valence-electron chi connectivity index (χ3n) is 5.54. The summed E-state index contributed by atoms with van der Waals surface area (Å²) >= 11 is 0. The van der Waals surface area contributed by atoms with Crippen molar-refractivity contribution < 1.29 is 14.0 Å². The van der Waals surface area contributed by atoms with Crippen LogP contribution in [0.3, 0.4) is 0 Å². The van der Waals surface area contributed by atoms with Crippen LogP contribution in [0, 0.1) is 0 Å². The molecule has 5 nitrogen and oxygen atoms in total. The van der Waals surface area contributed by atoms with E-state index in [-0.39, 0.29) is 17.7 Å². The van der Waals surface area contributed by atoms with E-state index in [0.717, 1.165) is 33.5 Å². The van der Waals surface area contributed by atoms with Gasteiger partial charge >= 0.3 is 0 Å². The number of hydrogen-bond acceptors (Lipinski definition) is 4. The van der Waals surface area contributed by atoms with Gasteiger partial charge in [-0.25, -0.2) is 4.99 Å². The second kappa shape index (κ2) is 8.03. The van der Waals surface area contributed by atoms with E-state index >= 15 is 0 Å². The third kappa shape index (κ3) is 3.78. The van der Waals surface area contributed by atoms with Gasteiger partial charge in [0.2, 0.25) is 11.8 Å². The molecule has 5 heteroatoms. The fraction of sp³-hybridized carbons (Fsp3) is 0.115. The Morgan fingerprint density at radius 3 is 2.23 bits per heavy atom. The van der Waals surface area contributed by atoms with E-state index in [2.05, 4.69) is 5.32 Å². The molecule has 4 aromatic rings. The number of fused-ring (bicyclic) bond motifs is 1. The lowest BCUT2D eigenvalue weighted by molar-refractivity contribution is -0.134. The summed E-state index contributed by atoms with van der Waals surface area (Å²) in [4.78, 5) is 28.7. The van der Waals surface area contributed by atoms with E-state index in [4.69, 9.17) is 9.41 Å². The molecule has 2 amide bonds. The number of benzene rings is 3. The van der Waals surface area contributed by atoms with E-state index in [1.165, 1.54) is 0 Å². The molecule has 1 aromatic heterocycles. The van der Waals surface area contributed by atoms with Crippen molar-refractivity contribution in [2.75, 3.05) is 0 Å². The zero-order chi connectivity index (χ0) is 21.2.